The molecule has 1 aromatic heterocycles. The summed E-state index contributed by atoms with van der Waals surface area (Å²) in [5.41, 5.74) is 8.99. The van der Waals surface area contributed by atoms with Crippen molar-refractivity contribution in [2.75, 3.05) is 16.4 Å². The van der Waals surface area contributed by atoms with E-state index in [4.69, 9.17) is 5.73 Å². The number of carbonyl (C=O) groups excluding carboxylic acids is 2. The van der Waals surface area contributed by atoms with Gasteiger partial charge in [-0.25, -0.2) is 4.98 Å². The van der Waals surface area contributed by atoms with Crippen molar-refractivity contribution >= 4 is 39.7 Å². The highest BCUT2D eigenvalue weighted by Gasteiger charge is 2.09. The summed E-state index contributed by atoms with van der Waals surface area (Å²) in [6.07, 6.45) is 0. The number of rotatable bonds is 4. The SMILES string of the molecule is CC(=O)Nc1cccc(C(=O)Nc2cccc(-c3csc(N)n3)c2)c1. The van der Waals surface area contributed by atoms with E-state index in [0.717, 1.165) is 11.3 Å². The number of hydrogen-bond donors (Lipinski definition) is 3. The van der Waals surface area contributed by atoms with Gasteiger partial charge in [-0.1, -0.05) is 18.2 Å². The number of nitrogens with one attached hydrogen (secondary N) is 2. The van der Waals surface area contributed by atoms with Gasteiger partial charge in [0.1, 0.15) is 0 Å². The lowest BCUT2D eigenvalue weighted by Crippen LogP contribution is -2.13. The van der Waals surface area contributed by atoms with E-state index < -0.39 is 0 Å². The zero-order valence-electron chi connectivity index (χ0n) is 13.4. The van der Waals surface area contributed by atoms with Gasteiger partial charge in [-0.05, 0) is 30.3 Å². The van der Waals surface area contributed by atoms with Crippen LogP contribution in [0.4, 0.5) is 16.5 Å². The highest BCUT2D eigenvalue weighted by Crippen LogP contribution is 2.25. The summed E-state index contributed by atoms with van der Waals surface area (Å²) in [7, 11) is 0. The van der Waals surface area contributed by atoms with Crippen molar-refractivity contribution in [3.05, 3.63) is 59.5 Å². The Morgan fingerprint density at radius 2 is 1.76 bits per heavy atom. The van der Waals surface area contributed by atoms with Gasteiger partial charge in [-0.2, -0.15) is 0 Å². The van der Waals surface area contributed by atoms with E-state index in [2.05, 4.69) is 15.6 Å². The molecule has 0 unspecified atom stereocenters. The molecule has 1 heterocycles. The molecule has 0 fully saturated rings. The Balaban J connectivity index is 1.78. The van der Waals surface area contributed by atoms with E-state index in [1.165, 1.54) is 18.3 Å². The molecular weight excluding hydrogens is 336 g/mol. The van der Waals surface area contributed by atoms with Gasteiger partial charge in [0, 0.05) is 34.8 Å². The molecule has 0 saturated heterocycles. The minimum atomic E-state index is -0.262. The minimum absolute atomic E-state index is 0.187. The average Bonchev–Trinajstić information content (AvgIpc) is 3.01. The number of amides is 2. The first-order chi connectivity index (χ1) is 12.0. The number of nitrogen functional groups attached to an aromatic ring is 1. The Morgan fingerprint density at radius 1 is 1.04 bits per heavy atom. The number of benzene rings is 2. The molecule has 0 saturated carbocycles. The number of nitrogens with two attached hydrogens (primary N) is 1. The van der Waals surface area contributed by atoms with Gasteiger partial charge in [0.25, 0.3) is 5.91 Å². The third kappa shape index (κ3) is 4.21. The average molecular weight is 352 g/mol. The van der Waals surface area contributed by atoms with E-state index in [1.54, 1.807) is 30.3 Å². The highest BCUT2D eigenvalue weighted by atomic mass is 32.1. The van der Waals surface area contributed by atoms with Crippen LogP contribution >= 0.6 is 11.3 Å². The van der Waals surface area contributed by atoms with Crippen LogP contribution in [0.1, 0.15) is 17.3 Å². The van der Waals surface area contributed by atoms with E-state index in [-0.39, 0.29) is 11.8 Å². The number of aromatic nitrogens is 1. The number of nitrogens with zero attached hydrogens (tertiary/aromatic N) is 1. The molecule has 3 rings (SSSR count). The highest BCUT2D eigenvalue weighted by molar-refractivity contribution is 7.13. The lowest BCUT2D eigenvalue weighted by Gasteiger charge is -2.08. The minimum Gasteiger partial charge on any atom is -0.375 e. The number of hydrogen-bond acceptors (Lipinski definition) is 5. The van der Waals surface area contributed by atoms with Crippen molar-refractivity contribution in [2.45, 2.75) is 6.92 Å². The number of thiazole rings is 1. The quantitative estimate of drug-likeness (QED) is 0.668. The molecule has 0 aliphatic carbocycles. The van der Waals surface area contributed by atoms with Crippen LogP contribution in [0.15, 0.2) is 53.9 Å². The fraction of sp³-hybridized carbons (Fsp3) is 0.0556. The van der Waals surface area contributed by atoms with Crippen molar-refractivity contribution in [3.8, 4) is 11.3 Å². The number of anilines is 3. The zero-order valence-corrected chi connectivity index (χ0v) is 14.3. The molecule has 2 aromatic carbocycles. The van der Waals surface area contributed by atoms with Gasteiger partial charge in [-0.15, -0.1) is 11.3 Å². The van der Waals surface area contributed by atoms with Crippen LogP contribution in [0.5, 0.6) is 0 Å². The van der Waals surface area contributed by atoms with Gasteiger partial charge < -0.3 is 16.4 Å². The lowest BCUT2D eigenvalue weighted by atomic mass is 10.1. The molecule has 0 atom stereocenters. The van der Waals surface area contributed by atoms with Crippen LogP contribution in [-0.2, 0) is 4.79 Å². The molecule has 25 heavy (non-hydrogen) atoms. The molecule has 0 spiro atoms. The van der Waals surface area contributed by atoms with Crippen molar-refractivity contribution in [3.63, 3.8) is 0 Å². The maximum Gasteiger partial charge on any atom is 0.255 e. The van der Waals surface area contributed by atoms with Gasteiger partial charge in [0.15, 0.2) is 5.13 Å². The van der Waals surface area contributed by atoms with Crippen molar-refractivity contribution in [1.29, 1.82) is 0 Å². The topological polar surface area (TPSA) is 97.1 Å². The van der Waals surface area contributed by atoms with Gasteiger partial charge in [-0.3, -0.25) is 9.59 Å². The fourth-order valence-electron chi connectivity index (χ4n) is 2.32. The first-order valence-corrected chi connectivity index (χ1v) is 8.40. The third-order valence-corrected chi connectivity index (χ3v) is 4.06. The van der Waals surface area contributed by atoms with Crippen LogP contribution in [-0.4, -0.2) is 16.8 Å². The molecule has 0 bridgehead atoms. The molecule has 6 nitrogen and oxygen atoms in total. The first kappa shape index (κ1) is 16.7. The standard InChI is InChI=1S/C18H16N4O2S/c1-11(23)20-14-6-3-5-13(9-14)17(24)21-15-7-2-4-12(8-15)16-10-25-18(19)22-16/h2-10H,1H3,(H2,19,22)(H,20,23)(H,21,24). The third-order valence-electron chi connectivity index (χ3n) is 3.38. The molecule has 126 valence electrons. The molecule has 4 N–H and O–H groups in total. The summed E-state index contributed by atoms with van der Waals surface area (Å²) in [6, 6.07) is 14.1. The van der Waals surface area contributed by atoms with Gasteiger partial charge in [0.2, 0.25) is 5.91 Å². The second-order valence-electron chi connectivity index (χ2n) is 5.37. The van der Waals surface area contributed by atoms with E-state index in [1.807, 2.05) is 23.6 Å². The predicted octanol–water partition coefficient (Wildman–Crippen LogP) is 3.60. The Bertz CT molecular complexity index is 936. The summed E-state index contributed by atoms with van der Waals surface area (Å²) in [5.74, 6) is -0.449. The summed E-state index contributed by atoms with van der Waals surface area (Å²) in [4.78, 5) is 27.8. The van der Waals surface area contributed by atoms with Crippen LogP contribution < -0.4 is 16.4 Å². The predicted molar refractivity (Wildman–Crippen MR) is 101 cm³/mol. The molecule has 0 radical (unpaired) electrons. The fourth-order valence-corrected chi connectivity index (χ4v) is 2.89. The van der Waals surface area contributed by atoms with Crippen LogP contribution in [0.3, 0.4) is 0 Å². The molecule has 7 heteroatoms. The maximum absolute atomic E-state index is 12.4. The van der Waals surface area contributed by atoms with Crippen molar-refractivity contribution in [2.24, 2.45) is 0 Å². The summed E-state index contributed by atoms with van der Waals surface area (Å²) in [6.45, 7) is 1.42. The molecule has 2 amide bonds. The van der Waals surface area contributed by atoms with Crippen molar-refractivity contribution in [1.82, 2.24) is 4.98 Å². The van der Waals surface area contributed by atoms with Gasteiger partial charge >= 0.3 is 0 Å². The molecule has 3 aromatic rings. The van der Waals surface area contributed by atoms with E-state index in [0.29, 0.717) is 22.1 Å². The van der Waals surface area contributed by atoms with E-state index >= 15 is 0 Å². The van der Waals surface area contributed by atoms with Crippen LogP contribution in [0.2, 0.25) is 0 Å². The monoisotopic (exact) mass is 352 g/mol. The lowest BCUT2D eigenvalue weighted by molar-refractivity contribution is -0.114. The molecule has 0 aliphatic heterocycles. The summed E-state index contributed by atoms with van der Waals surface area (Å²) >= 11 is 1.37. The molecule has 0 aliphatic rings. The second kappa shape index (κ2) is 7.14. The van der Waals surface area contributed by atoms with E-state index in [9.17, 15) is 9.59 Å². The normalized spacial score (nSPS) is 10.3. The van der Waals surface area contributed by atoms with Crippen molar-refractivity contribution < 1.29 is 9.59 Å². The second-order valence-corrected chi connectivity index (χ2v) is 6.26. The maximum atomic E-state index is 12.4. The summed E-state index contributed by atoms with van der Waals surface area (Å²) in [5, 5.41) is 7.87. The number of carbonyl (C=O) groups is 2. The Hall–Kier alpha value is -3.19. The Labute approximate surface area is 148 Å². The smallest absolute Gasteiger partial charge is 0.255 e. The van der Waals surface area contributed by atoms with Crippen LogP contribution in [0, 0.1) is 0 Å². The van der Waals surface area contributed by atoms with Gasteiger partial charge in [0.05, 0.1) is 5.69 Å². The van der Waals surface area contributed by atoms with Crippen LogP contribution in [0.25, 0.3) is 11.3 Å². The molecular formula is C18H16N4O2S. The zero-order chi connectivity index (χ0) is 17.8. The largest absolute Gasteiger partial charge is 0.375 e. The first-order valence-electron chi connectivity index (χ1n) is 7.52. The Kier molecular flexibility index (Phi) is 4.76. The summed E-state index contributed by atoms with van der Waals surface area (Å²) < 4.78 is 0. The Morgan fingerprint density at radius 3 is 2.44 bits per heavy atom.